The number of benzene rings is 1. The highest BCUT2D eigenvalue weighted by Gasteiger charge is 2.12. The summed E-state index contributed by atoms with van der Waals surface area (Å²) in [7, 11) is 0. The molecule has 3 nitrogen and oxygen atoms in total. The van der Waals surface area contributed by atoms with Gasteiger partial charge >= 0.3 is 5.97 Å². The van der Waals surface area contributed by atoms with E-state index < -0.39 is 5.97 Å². The fraction of sp³-hybridized carbons (Fsp3) is 0.429. The lowest BCUT2D eigenvalue weighted by molar-refractivity contribution is -0.141. The second-order valence-corrected chi connectivity index (χ2v) is 4.18. The average molecular weight is 234 g/mol. The van der Waals surface area contributed by atoms with Crippen LogP contribution in [0.15, 0.2) is 24.3 Å². The maximum Gasteiger partial charge on any atom is 0.313 e. The molecule has 0 aromatic heterocycles. The highest BCUT2D eigenvalue weighted by molar-refractivity contribution is 6.05. The lowest BCUT2D eigenvalue weighted by Crippen LogP contribution is -2.11. The molecule has 0 radical (unpaired) electrons. The van der Waals surface area contributed by atoms with Gasteiger partial charge in [-0.15, -0.1) is 0 Å². The van der Waals surface area contributed by atoms with Crippen molar-refractivity contribution >= 4 is 11.8 Å². The molecule has 1 rings (SSSR count). The monoisotopic (exact) mass is 234 g/mol. The summed E-state index contributed by atoms with van der Waals surface area (Å²) in [5, 5.41) is 0. The van der Waals surface area contributed by atoms with Crippen molar-refractivity contribution in [3.63, 3.8) is 0 Å². The molecule has 0 spiro atoms. The average Bonchev–Trinajstić information content (AvgIpc) is 2.29. The van der Waals surface area contributed by atoms with Gasteiger partial charge in [0.2, 0.25) is 0 Å². The smallest absolute Gasteiger partial charge is 0.313 e. The molecule has 0 unspecified atom stereocenters. The third kappa shape index (κ3) is 4.02. The zero-order chi connectivity index (χ0) is 12.8. The van der Waals surface area contributed by atoms with Crippen LogP contribution in [0.1, 0.15) is 49.0 Å². The summed E-state index contributed by atoms with van der Waals surface area (Å²) >= 11 is 0. The van der Waals surface area contributed by atoms with E-state index in [1.165, 1.54) is 5.56 Å². The predicted molar refractivity (Wildman–Crippen MR) is 66.1 cm³/mol. The van der Waals surface area contributed by atoms with Gasteiger partial charge in [0.15, 0.2) is 5.78 Å². The first-order valence-electron chi connectivity index (χ1n) is 5.83. The number of carbonyl (C=O) groups is 2. The number of esters is 1. The first-order chi connectivity index (χ1) is 8.04. The quantitative estimate of drug-likeness (QED) is 0.447. The Morgan fingerprint density at radius 2 is 1.76 bits per heavy atom. The number of carbonyl (C=O) groups excluding carboxylic acids is 2. The van der Waals surface area contributed by atoms with Gasteiger partial charge in [0.1, 0.15) is 6.42 Å². The Hall–Kier alpha value is -1.64. The van der Waals surface area contributed by atoms with E-state index in [-0.39, 0.29) is 12.2 Å². The zero-order valence-electron chi connectivity index (χ0n) is 10.5. The van der Waals surface area contributed by atoms with Crippen LogP contribution in [-0.4, -0.2) is 18.4 Å². The normalized spacial score (nSPS) is 10.4. The summed E-state index contributed by atoms with van der Waals surface area (Å²) in [6.07, 6.45) is -0.186. The van der Waals surface area contributed by atoms with E-state index in [9.17, 15) is 9.59 Å². The number of ether oxygens (including phenoxy) is 1. The van der Waals surface area contributed by atoms with E-state index in [0.29, 0.717) is 18.1 Å². The molecule has 1 aromatic carbocycles. The minimum absolute atomic E-state index is 0.186. The minimum Gasteiger partial charge on any atom is -0.466 e. The van der Waals surface area contributed by atoms with Crippen molar-refractivity contribution in [2.45, 2.75) is 33.1 Å². The molecule has 17 heavy (non-hydrogen) atoms. The number of hydrogen-bond donors (Lipinski definition) is 0. The lowest BCUT2D eigenvalue weighted by atomic mass is 10.00. The summed E-state index contributed by atoms with van der Waals surface area (Å²) in [4.78, 5) is 22.9. The molecule has 0 saturated heterocycles. The van der Waals surface area contributed by atoms with Crippen molar-refractivity contribution in [1.29, 1.82) is 0 Å². The molecule has 1 aromatic rings. The van der Waals surface area contributed by atoms with Crippen molar-refractivity contribution in [2.75, 3.05) is 6.61 Å². The maximum absolute atomic E-state index is 11.7. The van der Waals surface area contributed by atoms with Crippen molar-refractivity contribution in [1.82, 2.24) is 0 Å². The van der Waals surface area contributed by atoms with Crippen LogP contribution < -0.4 is 0 Å². The predicted octanol–water partition coefficient (Wildman–Crippen LogP) is 2.95. The molecule has 0 amide bonds. The van der Waals surface area contributed by atoms with Gasteiger partial charge in [-0.25, -0.2) is 0 Å². The van der Waals surface area contributed by atoms with Crippen LogP contribution >= 0.6 is 0 Å². The highest BCUT2D eigenvalue weighted by Crippen LogP contribution is 2.15. The summed E-state index contributed by atoms with van der Waals surface area (Å²) < 4.78 is 4.74. The number of Topliss-reactive ketones (excluding diaryl/α,β-unsaturated/α-hetero) is 1. The van der Waals surface area contributed by atoms with Crippen molar-refractivity contribution in [3.8, 4) is 0 Å². The van der Waals surface area contributed by atoms with E-state index in [4.69, 9.17) is 4.74 Å². The standard InChI is InChI=1S/C14H18O3/c1-4-17-14(16)9-13(15)12-7-5-11(6-8-12)10(2)3/h5-8,10H,4,9H2,1-3H3. The van der Waals surface area contributed by atoms with Crippen LogP contribution in [0.5, 0.6) is 0 Å². The van der Waals surface area contributed by atoms with Crippen molar-refractivity contribution in [2.24, 2.45) is 0 Å². The first kappa shape index (κ1) is 13.4. The molecule has 0 bridgehead atoms. The topological polar surface area (TPSA) is 43.4 Å². The first-order valence-corrected chi connectivity index (χ1v) is 5.83. The van der Waals surface area contributed by atoms with Crippen LogP contribution in [0.2, 0.25) is 0 Å². The van der Waals surface area contributed by atoms with Gasteiger partial charge in [-0.3, -0.25) is 9.59 Å². The number of ketones is 1. The lowest BCUT2D eigenvalue weighted by Gasteiger charge is -2.06. The van der Waals surface area contributed by atoms with Gasteiger partial charge in [0, 0.05) is 5.56 Å². The highest BCUT2D eigenvalue weighted by atomic mass is 16.5. The van der Waals surface area contributed by atoms with Crippen LogP contribution in [0.3, 0.4) is 0 Å². The van der Waals surface area contributed by atoms with Crippen LogP contribution in [0, 0.1) is 0 Å². The molecule has 0 aliphatic heterocycles. The minimum atomic E-state index is -0.467. The second kappa shape index (κ2) is 6.18. The molecule has 0 aliphatic carbocycles. The van der Waals surface area contributed by atoms with Gasteiger partial charge < -0.3 is 4.74 Å². The third-order valence-corrected chi connectivity index (χ3v) is 2.51. The zero-order valence-corrected chi connectivity index (χ0v) is 10.5. The van der Waals surface area contributed by atoms with E-state index in [1.807, 2.05) is 12.1 Å². The van der Waals surface area contributed by atoms with Crippen LogP contribution in [-0.2, 0) is 9.53 Å². The Balaban J connectivity index is 2.67. The van der Waals surface area contributed by atoms with Gasteiger partial charge in [-0.05, 0) is 18.4 Å². The largest absolute Gasteiger partial charge is 0.466 e. The maximum atomic E-state index is 11.7. The van der Waals surface area contributed by atoms with E-state index in [2.05, 4.69) is 13.8 Å². The molecular weight excluding hydrogens is 216 g/mol. The molecule has 0 aliphatic rings. The Morgan fingerprint density at radius 3 is 2.24 bits per heavy atom. The van der Waals surface area contributed by atoms with Crippen molar-refractivity contribution in [3.05, 3.63) is 35.4 Å². The Kier molecular flexibility index (Phi) is 4.88. The van der Waals surface area contributed by atoms with E-state index in [1.54, 1.807) is 19.1 Å². The molecule has 0 N–H and O–H groups in total. The molecule has 3 heteroatoms. The third-order valence-electron chi connectivity index (χ3n) is 2.51. The summed E-state index contributed by atoms with van der Waals surface area (Å²) in [5.74, 6) is -0.228. The Labute approximate surface area is 102 Å². The fourth-order valence-electron chi connectivity index (χ4n) is 1.50. The molecule has 0 heterocycles. The Bertz CT molecular complexity index is 390. The molecular formula is C14H18O3. The number of hydrogen-bond acceptors (Lipinski definition) is 3. The van der Waals surface area contributed by atoms with Gasteiger partial charge in [-0.2, -0.15) is 0 Å². The summed E-state index contributed by atoms with van der Waals surface area (Å²) in [6, 6.07) is 7.36. The number of rotatable bonds is 5. The fourth-order valence-corrected chi connectivity index (χ4v) is 1.50. The summed E-state index contributed by atoms with van der Waals surface area (Å²) in [6.45, 7) is 6.21. The van der Waals surface area contributed by atoms with Crippen LogP contribution in [0.4, 0.5) is 0 Å². The van der Waals surface area contributed by atoms with E-state index in [0.717, 1.165) is 0 Å². The summed E-state index contributed by atoms with van der Waals surface area (Å²) in [5.41, 5.74) is 1.74. The van der Waals surface area contributed by atoms with Crippen molar-refractivity contribution < 1.29 is 14.3 Å². The van der Waals surface area contributed by atoms with Gasteiger partial charge in [0.25, 0.3) is 0 Å². The molecule has 92 valence electrons. The molecule has 0 fully saturated rings. The second-order valence-electron chi connectivity index (χ2n) is 4.18. The van der Waals surface area contributed by atoms with Crippen LogP contribution in [0.25, 0.3) is 0 Å². The van der Waals surface area contributed by atoms with Gasteiger partial charge in [-0.1, -0.05) is 38.1 Å². The Morgan fingerprint density at radius 1 is 1.18 bits per heavy atom. The van der Waals surface area contributed by atoms with E-state index >= 15 is 0 Å². The SMILES string of the molecule is CCOC(=O)CC(=O)c1ccc(C(C)C)cc1. The molecule has 0 saturated carbocycles. The molecule has 0 atom stereocenters. The van der Waals surface area contributed by atoms with Gasteiger partial charge in [0.05, 0.1) is 6.61 Å².